The van der Waals surface area contributed by atoms with Crippen LogP contribution in [-0.2, 0) is 0 Å². The van der Waals surface area contributed by atoms with Gasteiger partial charge in [-0.3, -0.25) is 0 Å². The number of rotatable bonds is 6. The molecular weight excluding hydrogens is 316 g/mol. The van der Waals surface area contributed by atoms with E-state index < -0.39 is 0 Å². The lowest BCUT2D eigenvalue weighted by Crippen LogP contribution is -2.31. The summed E-state index contributed by atoms with van der Waals surface area (Å²) in [4.78, 5) is 0. The molecule has 2 bridgehead atoms. The van der Waals surface area contributed by atoms with Gasteiger partial charge in [-0.25, -0.2) is 0 Å². The van der Waals surface area contributed by atoms with Crippen LogP contribution in [0.5, 0.6) is 11.5 Å². The molecule has 0 aliphatic heterocycles. The minimum atomic E-state index is 0.477. The van der Waals surface area contributed by atoms with E-state index in [9.17, 15) is 0 Å². The molecule has 0 N–H and O–H groups in total. The van der Waals surface area contributed by atoms with Crippen molar-refractivity contribution in [2.24, 2.45) is 17.3 Å². The van der Waals surface area contributed by atoms with Crippen LogP contribution in [0.1, 0.15) is 32.1 Å². The van der Waals surface area contributed by atoms with E-state index in [1.165, 1.54) is 25.7 Å². The minimum absolute atomic E-state index is 0.477. The first-order valence-electron chi connectivity index (χ1n) is 7.59. The topological polar surface area (TPSA) is 18.5 Å². The molecule has 1 aromatic rings. The van der Waals surface area contributed by atoms with Crippen molar-refractivity contribution in [1.82, 2.24) is 0 Å². The van der Waals surface area contributed by atoms with Crippen LogP contribution in [0.25, 0.3) is 0 Å². The number of methoxy groups -OCH3 is 1. The second-order valence-corrected chi connectivity index (χ2v) is 6.89. The van der Waals surface area contributed by atoms with Gasteiger partial charge in [-0.15, -0.1) is 0 Å². The van der Waals surface area contributed by atoms with Gasteiger partial charge in [-0.2, -0.15) is 0 Å². The van der Waals surface area contributed by atoms with E-state index >= 15 is 0 Å². The Hall–Kier alpha value is -0.700. The molecule has 3 unspecified atom stereocenters. The zero-order valence-electron chi connectivity index (χ0n) is 12.1. The Labute approximate surface area is 130 Å². The zero-order valence-corrected chi connectivity index (χ0v) is 13.7. The van der Waals surface area contributed by atoms with E-state index in [0.29, 0.717) is 5.41 Å². The molecule has 2 nitrogen and oxygen atoms in total. The predicted molar refractivity (Wildman–Crippen MR) is 84.8 cm³/mol. The lowest BCUT2D eigenvalue weighted by Gasteiger charge is -2.36. The van der Waals surface area contributed by atoms with Gasteiger partial charge >= 0.3 is 0 Å². The Bertz CT molecular complexity index is 462. The summed E-state index contributed by atoms with van der Waals surface area (Å²) >= 11 is 3.77. The number of para-hydroxylation sites is 2. The van der Waals surface area contributed by atoms with Crippen LogP contribution in [0.3, 0.4) is 0 Å². The van der Waals surface area contributed by atoms with Crippen molar-refractivity contribution in [2.45, 2.75) is 32.1 Å². The molecule has 0 saturated heterocycles. The molecule has 3 rings (SSSR count). The molecule has 2 fully saturated rings. The quantitative estimate of drug-likeness (QED) is 0.702. The molecule has 1 aromatic carbocycles. The van der Waals surface area contributed by atoms with E-state index in [1.54, 1.807) is 7.11 Å². The molecule has 0 aromatic heterocycles. The van der Waals surface area contributed by atoms with E-state index in [4.69, 9.17) is 9.47 Å². The lowest BCUT2D eigenvalue weighted by molar-refractivity contribution is 0.143. The van der Waals surface area contributed by atoms with Gasteiger partial charge in [-0.05, 0) is 55.1 Å². The molecule has 0 heterocycles. The maximum absolute atomic E-state index is 5.98. The number of hydrogen-bond acceptors (Lipinski definition) is 2. The molecule has 2 aliphatic carbocycles. The number of hydrogen-bond donors (Lipinski definition) is 0. The van der Waals surface area contributed by atoms with Crippen molar-refractivity contribution >= 4 is 15.9 Å². The highest BCUT2D eigenvalue weighted by Gasteiger charge is 2.49. The van der Waals surface area contributed by atoms with Crippen LogP contribution in [0, 0.1) is 17.3 Å². The van der Waals surface area contributed by atoms with Gasteiger partial charge in [0.2, 0.25) is 0 Å². The summed E-state index contributed by atoms with van der Waals surface area (Å²) in [5.41, 5.74) is 0.477. The highest BCUT2D eigenvalue weighted by atomic mass is 79.9. The maximum atomic E-state index is 5.98. The number of alkyl halides is 1. The van der Waals surface area contributed by atoms with Crippen LogP contribution in [-0.4, -0.2) is 19.0 Å². The van der Waals surface area contributed by atoms with Gasteiger partial charge in [0.15, 0.2) is 11.5 Å². The van der Waals surface area contributed by atoms with Crippen molar-refractivity contribution in [3.63, 3.8) is 0 Å². The molecule has 3 heteroatoms. The highest BCUT2D eigenvalue weighted by Crippen LogP contribution is 2.58. The molecule has 2 aliphatic rings. The third-order valence-corrected chi connectivity index (χ3v) is 6.41. The smallest absolute Gasteiger partial charge is 0.161 e. The van der Waals surface area contributed by atoms with Crippen LogP contribution in [0.15, 0.2) is 24.3 Å². The number of benzene rings is 1. The average molecular weight is 339 g/mol. The molecule has 20 heavy (non-hydrogen) atoms. The number of fused-ring (bicyclic) bond motifs is 2. The molecule has 110 valence electrons. The summed E-state index contributed by atoms with van der Waals surface area (Å²) in [5.74, 6) is 3.58. The lowest BCUT2D eigenvalue weighted by atomic mass is 9.72. The SMILES string of the molecule is COc1ccccc1OCCC1(CBr)CC2CCC1C2. The fourth-order valence-corrected chi connectivity index (χ4v) is 5.16. The number of halogens is 1. The fourth-order valence-electron chi connectivity index (χ4n) is 4.20. The molecule has 3 atom stereocenters. The normalized spacial score (nSPS) is 31.5. The maximum Gasteiger partial charge on any atom is 0.161 e. The summed E-state index contributed by atoms with van der Waals surface area (Å²) in [6.07, 6.45) is 6.85. The summed E-state index contributed by atoms with van der Waals surface area (Å²) < 4.78 is 11.3. The van der Waals surface area contributed by atoms with Gasteiger partial charge in [0.05, 0.1) is 13.7 Å². The Balaban J connectivity index is 1.59. The summed E-state index contributed by atoms with van der Waals surface area (Å²) in [7, 11) is 1.69. The third kappa shape index (κ3) is 2.57. The van der Waals surface area contributed by atoms with E-state index in [1.807, 2.05) is 24.3 Å². The van der Waals surface area contributed by atoms with Crippen LogP contribution in [0.4, 0.5) is 0 Å². The Morgan fingerprint density at radius 2 is 2.05 bits per heavy atom. The Morgan fingerprint density at radius 3 is 2.65 bits per heavy atom. The number of ether oxygens (including phenoxy) is 2. The van der Waals surface area contributed by atoms with Crippen LogP contribution in [0.2, 0.25) is 0 Å². The second kappa shape index (κ2) is 5.97. The predicted octanol–water partition coefficient (Wildman–Crippen LogP) is 4.67. The second-order valence-electron chi connectivity index (χ2n) is 6.33. The van der Waals surface area contributed by atoms with Crippen LogP contribution >= 0.6 is 15.9 Å². The monoisotopic (exact) mass is 338 g/mol. The van der Waals surface area contributed by atoms with Crippen LogP contribution < -0.4 is 9.47 Å². The molecule has 0 amide bonds. The van der Waals surface area contributed by atoms with Crippen molar-refractivity contribution in [3.05, 3.63) is 24.3 Å². The van der Waals surface area contributed by atoms with Crippen molar-refractivity contribution in [1.29, 1.82) is 0 Å². The van der Waals surface area contributed by atoms with Gasteiger partial charge in [0.25, 0.3) is 0 Å². The first kappa shape index (κ1) is 14.2. The highest BCUT2D eigenvalue weighted by molar-refractivity contribution is 9.09. The Kier molecular flexibility index (Phi) is 4.25. The van der Waals surface area contributed by atoms with Crippen molar-refractivity contribution in [2.75, 3.05) is 19.0 Å². The third-order valence-electron chi connectivity index (χ3n) is 5.30. The standard InChI is InChI=1S/C17H23BrO2/c1-19-15-4-2-3-5-16(15)20-9-8-17(12-18)11-13-6-7-14(17)10-13/h2-5,13-14H,6-12H2,1H3. The van der Waals surface area contributed by atoms with Gasteiger partial charge < -0.3 is 9.47 Å². The summed E-state index contributed by atoms with van der Waals surface area (Å²) in [6.45, 7) is 0.787. The molecule has 2 saturated carbocycles. The molecule has 0 spiro atoms. The fraction of sp³-hybridized carbons (Fsp3) is 0.647. The van der Waals surface area contributed by atoms with Gasteiger partial charge in [0.1, 0.15) is 0 Å². The average Bonchev–Trinajstić information content (AvgIpc) is 3.09. The van der Waals surface area contributed by atoms with E-state index in [-0.39, 0.29) is 0 Å². The minimum Gasteiger partial charge on any atom is -0.493 e. The van der Waals surface area contributed by atoms with E-state index in [2.05, 4.69) is 15.9 Å². The summed E-state index contributed by atoms with van der Waals surface area (Å²) in [6, 6.07) is 7.91. The zero-order chi connectivity index (χ0) is 14.0. The Morgan fingerprint density at radius 1 is 1.25 bits per heavy atom. The van der Waals surface area contributed by atoms with Crippen molar-refractivity contribution < 1.29 is 9.47 Å². The van der Waals surface area contributed by atoms with E-state index in [0.717, 1.165) is 41.7 Å². The summed E-state index contributed by atoms with van der Waals surface area (Å²) in [5, 5.41) is 1.12. The largest absolute Gasteiger partial charge is 0.493 e. The van der Waals surface area contributed by atoms with Gasteiger partial charge in [-0.1, -0.05) is 34.5 Å². The van der Waals surface area contributed by atoms with Crippen molar-refractivity contribution in [3.8, 4) is 11.5 Å². The molecule has 0 radical (unpaired) electrons. The molecular formula is C17H23BrO2. The first-order chi connectivity index (χ1) is 9.77. The first-order valence-corrected chi connectivity index (χ1v) is 8.71. The van der Waals surface area contributed by atoms with Gasteiger partial charge in [0, 0.05) is 5.33 Å².